The summed E-state index contributed by atoms with van der Waals surface area (Å²) in [4.78, 5) is 12.1. The Labute approximate surface area is 120 Å². The summed E-state index contributed by atoms with van der Waals surface area (Å²) >= 11 is 0. The monoisotopic (exact) mass is 278 g/mol. The maximum absolute atomic E-state index is 12.1. The molecule has 0 aromatic carbocycles. The summed E-state index contributed by atoms with van der Waals surface area (Å²) in [6.45, 7) is 6.25. The number of amides is 1. The van der Waals surface area contributed by atoms with Crippen LogP contribution >= 0.6 is 0 Å². The number of nitrogen functional groups attached to an aromatic ring is 1. The van der Waals surface area contributed by atoms with Gasteiger partial charge >= 0.3 is 0 Å². The minimum absolute atomic E-state index is 0.0392. The van der Waals surface area contributed by atoms with Gasteiger partial charge in [-0.15, -0.1) is 0 Å². The molecule has 1 aromatic heterocycles. The number of aromatic nitrogens is 2. The Morgan fingerprint density at radius 2 is 2.20 bits per heavy atom. The summed E-state index contributed by atoms with van der Waals surface area (Å²) in [7, 11) is 0. The molecule has 0 spiro atoms. The van der Waals surface area contributed by atoms with E-state index in [1.54, 1.807) is 4.68 Å². The summed E-state index contributed by atoms with van der Waals surface area (Å²) in [5.74, 6) is 0.802. The van der Waals surface area contributed by atoms with Crippen molar-refractivity contribution in [3.05, 3.63) is 11.4 Å². The van der Waals surface area contributed by atoms with Crippen LogP contribution in [0.15, 0.2) is 0 Å². The number of nitrogens with two attached hydrogens (primary N) is 1. The minimum Gasteiger partial charge on any atom is -0.396 e. The predicted molar refractivity (Wildman–Crippen MR) is 80.3 cm³/mol. The van der Waals surface area contributed by atoms with E-state index in [-0.39, 0.29) is 12.5 Å². The third-order valence-electron chi connectivity index (χ3n) is 4.46. The van der Waals surface area contributed by atoms with Gasteiger partial charge in [-0.1, -0.05) is 26.2 Å². The largest absolute Gasteiger partial charge is 0.396 e. The van der Waals surface area contributed by atoms with Crippen LogP contribution in [-0.4, -0.2) is 21.7 Å². The molecule has 0 aliphatic heterocycles. The van der Waals surface area contributed by atoms with Crippen LogP contribution in [0.2, 0.25) is 0 Å². The van der Waals surface area contributed by atoms with Gasteiger partial charge in [-0.25, -0.2) is 0 Å². The van der Waals surface area contributed by atoms with Crippen LogP contribution in [0.1, 0.15) is 50.4 Å². The number of carbonyl (C=O) groups is 1. The van der Waals surface area contributed by atoms with Gasteiger partial charge in [0.15, 0.2) is 0 Å². The number of hydrogen-bond donors (Lipinski definition) is 2. The van der Waals surface area contributed by atoms with E-state index < -0.39 is 0 Å². The Kier molecular flexibility index (Phi) is 4.68. The van der Waals surface area contributed by atoms with E-state index in [2.05, 4.69) is 17.3 Å². The molecule has 1 aliphatic carbocycles. The molecule has 1 aromatic rings. The fraction of sp³-hybridized carbons (Fsp3) is 0.733. The quantitative estimate of drug-likeness (QED) is 0.886. The lowest BCUT2D eigenvalue weighted by Crippen LogP contribution is -2.40. The Hall–Kier alpha value is -1.52. The Bertz CT molecular complexity index is 480. The molecule has 0 saturated heterocycles. The average molecular weight is 278 g/mol. The van der Waals surface area contributed by atoms with Gasteiger partial charge in [-0.05, 0) is 32.6 Å². The molecule has 2 rings (SSSR count). The number of nitrogens with one attached hydrogen (secondary N) is 1. The highest BCUT2D eigenvalue weighted by molar-refractivity contribution is 5.76. The summed E-state index contributed by atoms with van der Waals surface area (Å²) in [5.41, 5.74) is 8.22. The van der Waals surface area contributed by atoms with Crippen LogP contribution in [0.25, 0.3) is 0 Å². The lowest BCUT2D eigenvalue weighted by atomic mass is 9.84. The number of anilines is 1. The smallest absolute Gasteiger partial charge is 0.241 e. The molecule has 3 N–H and O–H groups in total. The lowest BCUT2D eigenvalue weighted by Gasteiger charge is -2.29. The van der Waals surface area contributed by atoms with Crippen LogP contribution in [0, 0.1) is 19.8 Å². The van der Waals surface area contributed by atoms with Crippen molar-refractivity contribution in [3.63, 3.8) is 0 Å². The number of hydrogen-bond acceptors (Lipinski definition) is 3. The van der Waals surface area contributed by atoms with Gasteiger partial charge < -0.3 is 11.1 Å². The van der Waals surface area contributed by atoms with E-state index in [9.17, 15) is 4.79 Å². The summed E-state index contributed by atoms with van der Waals surface area (Å²) in [6.07, 6.45) is 5.94. The molecule has 2 unspecified atom stereocenters. The number of rotatable bonds is 4. The van der Waals surface area contributed by atoms with Crippen LogP contribution in [0.3, 0.4) is 0 Å². The van der Waals surface area contributed by atoms with Crippen LogP contribution in [0.4, 0.5) is 5.69 Å². The van der Waals surface area contributed by atoms with Gasteiger partial charge in [0.1, 0.15) is 6.54 Å². The molecular weight excluding hydrogens is 252 g/mol. The van der Waals surface area contributed by atoms with Gasteiger partial charge in [-0.3, -0.25) is 9.48 Å². The topological polar surface area (TPSA) is 72.9 Å². The van der Waals surface area contributed by atoms with Crippen LogP contribution in [0.5, 0.6) is 0 Å². The average Bonchev–Trinajstić information content (AvgIpc) is 2.66. The summed E-state index contributed by atoms with van der Waals surface area (Å²) < 4.78 is 1.69. The predicted octanol–water partition coefficient (Wildman–Crippen LogP) is 2.17. The van der Waals surface area contributed by atoms with Crippen molar-refractivity contribution in [2.75, 3.05) is 5.73 Å². The van der Waals surface area contributed by atoms with E-state index in [0.29, 0.717) is 11.7 Å². The molecule has 0 bridgehead atoms. The highest BCUT2D eigenvalue weighted by Crippen LogP contribution is 2.26. The fourth-order valence-corrected chi connectivity index (χ4v) is 3.07. The van der Waals surface area contributed by atoms with Crippen LogP contribution in [-0.2, 0) is 11.3 Å². The van der Waals surface area contributed by atoms with Crippen molar-refractivity contribution >= 4 is 11.6 Å². The summed E-state index contributed by atoms with van der Waals surface area (Å²) in [6, 6.07) is 0.329. The molecule has 1 amide bonds. The van der Waals surface area contributed by atoms with Crippen molar-refractivity contribution in [1.82, 2.24) is 15.1 Å². The van der Waals surface area contributed by atoms with E-state index in [1.165, 1.54) is 19.3 Å². The molecule has 0 radical (unpaired) electrons. The third kappa shape index (κ3) is 3.32. The number of aryl methyl sites for hydroxylation is 1. The maximum Gasteiger partial charge on any atom is 0.241 e. The third-order valence-corrected chi connectivity index (χ3v) is 4.46. The zero-order valence-corrected chi connectivity index (χ0v) is 12.8. The molecule has 2 atom stereocenters. The van der Waals surface area contributed by atoms with E-state index in [0.717, 1.165) is 30.1 Å². The molecule has 5 nitrogen and oxygen atoms in total. The zero-order valence-electron chi connectivity index (χ0n) is 12.8. The van der Waals surface area contributed by atoms with E-state index in [1.807, 2.05) is 13.8 Å². The first-order valence-corrected chi connectivity index (χ1v) is 7.60. The van der Waals surface area contributed by atoms with Crippen molar-refractivity contribution in [2.24, 2.45) is 5.92 Å². The van der Waals surface area contributed by atoms with Gasteiger partial charge in [-0.2, -0.15) is 5.10 Å². The first kappa shape index (κ1) is 14.9. The van der Waals surface area contributed by atoms with Crippen molar-refractivity contribution in [2.45, 2.75) is 65.5 Å². The minimum atomic E-state index is 0.0392. The van der Waals surface area contributed by atoms with Crippen molar-refractivity contribution in [3.8, 4) is 0 Å². The first-order chi connectivity index (χ1) is 9.51. The molecule has 1 fully saturated rings. The van der Waals surface area contributed by atoms with Crippen molar-refractivity contribution in [1.29, 1.82) is 0 Å². The second-order valence-corrected chi connectivity index (χ2v) is 5.95. The van der Waals surface area contributed by atoms with Gasteiger partial charge in [0.05, 0.1) is 17.1 Å². The van der Waals surface area contributed by atoms with Gasteiger partial charge in [0.2, 0.25) is 5.91 Å². The normalized spacial score (nSPS) is 22.8. The molecule has 1 saturated carbocycles. The van der Waals surface area contributed by atoms with Gasteiger partial charge in [0, 0.05) is 6.04 Å². The molecule has 20 heavy (non-hydrogen) atoms. The molecule has 1 aliphatic rings. The zero-order chi connectivity index (χ0) is 14.7. The lowest BCUT2D eigenvalue weighted by molar-refractivity contribution is -0.122. The molecular formula is C15H26N4O. The first-order valence-electron chi connectivity index (χ1n) is 7.60. The Balaban J connectivity index is 1.90. The molecule has 112 valence electrons. The highest BCUT2D eigenvalue weighted by Gasteiger charge is 2.22. The Morgan fingerprint density at radius 3 is 2.80 bits per heavy atom. The van der Waals surface area contributed by atoms with Gasteiger partial charge in [0.25, 0.3) is 0 Å². The summed E-state index contributed by atoms with van der Waals surface area (Å²) in [5, 5.41) is 7.45. The van der Waals surface area contributed by atoms with Crippen LogP contribution < -0.4 is 11.1 Å². The fourth-order valence-electron chi connectivity index (χ4n) is 3.07. The van der Waals surface area contributed by atoms with Crippen molar-refractivity contribution < 1.29 is 4.79 Å². The second-order valence-electron chi connectivity index (χ2n) is 5.95. The SMILES string of the molecule is CCC1CCCC(NC(=O)Cn2nc(C)c(N)c2C)C1. The highest BCUT2D eigenvalue weighted by atomic mass is 16.2. The molecule has 5 heteroatoms. The molecule has 1 heterocycles. The maximum atomic E-state index is 12.1. The Morgan fingerprint density at radius 1 is 1.45 bits per heavy atom. The second kappa shape index (κ2) is 6.29. The number of carbonyl (C=O) groups excluding carboxylic acids is 1. The van der Waals surface area contributed by atoms with E-state index in [4.69, 9.17) is 5.73 Å². The standard InChI is InChI=1S/C15H26N4O/c1-4-12-6-5-7-13(8-12)17-14(20)9-19-11(3)15(16)10(2)18-19/h12-13H,4-9,16H2,1-3H3,(H,17,20). The number of nitrogens with zero attached hydrogens (tertiary/aromatic N) is 2. The van der Waals surface area contributed by atoms with E-state index >= 15 is 0 Å².